The van der Waals surface area contributed by atoms with Gasteiger partial charge in [-0.1, -0.05) is 91.6 Å². The van der Waals surface area contributed by atoms with E-state index in [0.29, 0.717) is 29.7 Å². The summed E-state index contributed by atoms with van der Waals surface area (Å²) >= 11 is 0. The fraction of sp³-hybridized carbons (Fsp3) is 0.349. The van der Waals surface area contributed by atoms with Crippen LogP contribution in [0.25, 0.3) is 5.57 Å². The van der Waals surface area contributed by atoms with Crippen molar-refractivity contribution in [2.45, 2.75) is 62.8 Å². The van der Waals surface area contributed by atoms with Crippen LogP contribution in [0.2, 0.25) is 0 Å². The highest BCUT2D eigenvalue weighted by atomic mass is 16.5. The molecule has 3 aromatic rings. The largest absolute Gasteiger partial charge is 0.508 e. The van der Waals surface area contributed by atoms with Crippen LogP contribution in [0.3, 0.4) is 0 Å². The Balaban J connectivity index is 1.24. The molecule has 252 valence electrons. The number of hydrogen-bond donors (Lipinski definition) is 1. The molecule has 9 rings (SSSR count). The van der Waals surface area contributed by atoms with Gasteiger partial charge in [0.15, 0.2) is 11.6 Å². The summed E-state index contributed by atoms with van der Waals surface area (Å²) in [5, 5.41) is 10.4. The number of aromatic hydroxyl groups is 1. The second kappa shape index (κ2) is 11.8. The standard InChI is InChI=1S/C43H39NO6/c45-30-16-19-36-26(21-30)20-27(24-50-36)39-31-17-18-32-38(42(49)44(41(32)48)29-14-8-3-9-15-29)34(31)22-35-40(47)33(25-10-4-1-5-11-25)23-37(46)43(35,39)28-12-6-2-7-13-28/h1-2,4-7,10-13,16-17,19,21,23-24,29,32,34-35,38-39,45H,3,8-9,14-15,18,20,22H2/t32-,34+,35-,38-,39-,43-/m0/s1. The zero-order chi connectivity index (χ0) is 34.1. The minimum Gasteiger partial charge on any atom is -0.508 e. The highest BCUT2D eigenvalue weighted by Gasteiger charge is 2.66. The predicted octanol–water partition coefficient (Wildman–Crippen LogP) is 6.90. The van der Waals surface area contributed by atoms with Crippen LogP contribution >= 0.6 is 0 Å². The highest BCUT2D eigenvalue weighted by molar-refractivity contribution is 6.31. The number of allylic oxidation sites excluding steroid dienone is 5. The normalized spacial score (nSPS) is 30.7. The number of phenolic OH excluding ortho intramolecular Hbond substituents is 1. The topological polar surface area (TPSA) is 101 Å². The maximum atomic E-state index is 15.2. The lowest BCUT2D eigenvalue weighted by Gasteiger charge is -2.56. The molecule has 0 radical (unpaired) electrons. The molecule has 0 spiro atoms. The molecule has 1 N–H and O–H groups in total. The van der Waals surface area contributed by atoms with Crippen molar-refractivity contribution in [3.8, 4) is 11.5 Å². The number of phenols is 1. The van der Waals surface area contributed by atoms with E-state index in [2.05, 4.69) is 6.08 Å². The van der Waals surface area contributed by atoms with E-state index in [-0.39, 0.29) is 41.6 Å². The van der Waals surface area contributed by atoms with Gasteiger partial charge in [-0.3, -0.25) is 24.1 Å². The molecule has 0 bridgehead atoms. The van der Waals surface area contributed by atoms with Gasteiger partial charge in [0.05, 0.1) is 23.5 Å². The second-order valence-electron chi connectivity index (χ2n) is 14.9. The van der Waals surface area contributed by atoms with Gasteiger partial charge in [0.2, 0.25) is 11.8 Å². The molecule has 3 aromatic carbocycles. The Morgan fingerprint density at radius 3 is 2.32 bits per heavy atom. The number of nitrogens with zero attached hydrogens (tertiary/aromatic N) is 1. The van der Waals surface area contributed by atoms with Crippen molar-refractivity contribution in [1.82, 2.24) is 4.90 Å². The van der Waals surface area contributed by atoms with Crippen LogP contribution in [0.15, 0.2) is 108 Å². The molecule has 2 heterocycles. The number of ketones is 2. The van der Waals surface area contributed by atoms with Crippen LogP contribution in [0.5, 0.6) is 11.5 Å². The smallest absolute Gasteiger partial charge is 0.233 e. The van der Waals surface area contributed by atoms with Gasteiger partial charge in [0, 0.05) is 35.4 Å². The van der Waals surface area contributed by atoms with Gasteiger partial charge in [-0.15, -0.1) is 0 Å². The first-order valence-corrected chi connectivity index (χ1v) is 18.0. The van der Waals surface area contributed by atoms with E-state index in [1.54, 1.807) is 35.4 Å². The van der Waals surface area contributed by atoms with E-state index in [1.807, 2.05) is 60.7 Å². The van der Waals surface area contributed by atoms with Gasteiger partial charge in [-0.2, -0.15) is 0 Å². The van der Waals surface area contributed by atoms with Gasteiger partial charge in [-0.25, -0.2) is 0 Å². The summed E-state index contributed by atoms with van der Waals surface area (Å²) in [6.45, 7) is 0. The van der Waals surface area contributed by atoms with Gasteiger partial charge in [-0.05, 0) is 72.6 Å². The molecule has 2 saturated carbocycles. The number of likely N-dealkylation sites (tertiary alicyclic amines) is 1. The summed E-state index contributed by atoms with van der Waals surface area (Å²) in [7, 11) is 0. The van der Waals surface area contributed by atoms with Crippen molar-refractivity contribution < 1.29 is 29.0 Å². The molecule has 0 unspecified atom stereocenters. The molecule has 2 amide bonds. The quantitative estimate of drug-likeness (QED) is 0.240. The predicted molar refractivity (Wildman–Crippen MR) is 187 cm³/mol. The SMILES string of the molecule is O=C1C(c2ccccc2)=CC(=O)[C@@]2(c3ccccc3)[C@@H](C3=COc4ccc(O)cc4C3)C3=CC[C@@H]4C(=O)N(C5CCCCC5)C(=O)[C@@H]4[C@@H]3C[C@@H]12. The van der Waals surface area contributed by atoms with Crippen molar-refractivity contribution in [2.75, 3.05) is 0 Å². The van der Waals surface area contributed by atoms with Gasteiger partial charge >= 0.3 is 0 Å². The number of rotatable bonds is 4. The summed E-state index contributed by atoms with van der Waals surface area (Å²) in [5.41, 5.74) is 3.05. The summed E-state index contributed by atoms with van der Waals surface area (Å²) in [6.07, 6.45) is 11.2. The molecule has 50 heavy (non-hydrogen) atoms. The molecule has 6 atom stereocenters. The van der Waals surface area contributed by atoms with E-state index < -0.39 is 35.0 Å². The molecule has 3 fully saturated rings. The molecule has 7 nitrogen and oxygen atoms in total. The van der Waals surface area contributed by atoms with Crippen LogP contribution in [0.1, 0.15) is 61.6 Å². The number of carbonyl (C=O) groups is 4. The Labute approximate surface area is 291 Å². The first-order chi connectivity index (χ1) is 24.4. The zero-order valence-electron chi connectivity index (χ0n) is 27.8. The average molecular weight is 666 g/mol. The minimum absolute atomic E-state index is 0.0789. The maximum absolute atomic E-state index is 15.2. The third-order valence-electron chi connectivity index (χ3n) is 12.5. The highest BCUT2D eigenvalue weighted by Crippen LogP contribution is 2.63. The molecule has 0 aromatic heterocycles. The number of hydrogen-bond acceptors (Lipinski definition) is 6. The molecule has 1 saturated heterocycles. The van der Waals surface area contributed by atoms with Crippen molar-refractivity contribution in [1.29, 1.82) is 0 Å². The summed E-state index contributed by atoms with van der Waals surface area (Å²) in [6, 6.07) is 23.9. The number of imide groups is 1. The molecular weight excluding hydrogens is 626 g/mol. The molecular formula is C43H39NO6. The lowest BCUT2D eigenvalue weighted by molar-refractivity contribution is -0.144. The van der Waals surface area contributed by atoms with Gasteiger partial charge in [0.25, 0.3) is 0 Å². The number of Topliss-reactive ketones (excluding diaryl/α,β-unsaturated/α-hetero) is 1. The third kappa shape index (κ3) is 4.48. The van der Waals surface area contributed by atoms with Crippen molar-refractivity contribution in [3.63, 3.8) is 0 Å². The average Bonchev–Trinajstić information content (AvgIpc) is 3.41. The summed E-state index contributed by atoms with van der Waals surface area (Å²) in [4.78, 5) is 60.6. The molecule has 4 aliphatic carbocycles. The number of ether oxygens (including phenoxy) is 1. The molecule has 2 aliphatic heterocycles. The van der Waals surface area contributed by atoms with Crippen LogP contribution in [0.4, 0.5) is 0 Å². The monoisotopic (exact) mass is 665 g/mol. The van der Waals surface area contributed by atoms with E-state index >= 15 is 9.59 Å². The minimum atomic E-state index is -1.30. The van der Waals surface area contributed by atoms with Crippen molar-refractivity contribution in [3.05, 3.63) is 125 Å². The Hall–Kier alpha value is -5.04. The van der Waals surface area contributed by atoms with Gasteiger partial charge < -0.3 is 9.84 Å². The lowest BCUT2D eigenvalue weighted by atomic mass is 9.44. The summed E-state index contributed by atoms with van der Waals surface area (Å²) in [5.74, 6) is -2.60. The van der Waals surface area contributed by atoms with Crippen LogP contribution in [0, 0.1) is 29.6 Å². The fourth-order valence-electron chi connectivity index (χ4n) is 10.4. The maximum Gasteiger partial charge on any atom is 0.233 e. The molecule has 7 heteroatoms. The van der Waals surface area contributed by atoms with E-state index in [9.17, 15) is 14.7 Å². The third-order valence-corrected chi connectivity index (χ3v) is 12.5. The number of benzene rings is 3. The zero-order valence-corrected chi connectivity index (χ0v) is 27.8. The fourth-order valence-corrected chi connectivity index (χ4v) is 10.4. The Morgan fingerprint density at radius 2 is 1.56 bits per heavy atom. The van der Waals surface area contributed by atoms with E-state index in [1.165, 1.54) is 0 Å². The Kier molecular flexibility index (Phi) is 7.30. The van der Waals surface area contributed by atoms with E-state index in [4.69, 9.17) is 4.74 Å². The number of amides is 2. The summed E-state index contributed by atoms with van der Waals surface area (Å²) < 4.78 is 6.22. The second-order valence-corrected chi connectivity index (χ2v) is 14.9. The first kappa shape index (κ1) is 31.0. The van der Waals surface area contributed by atoms with E-state index in [0.717, 1.165) is 54.4 Å². The van der Waals surface area contributed by atoms with Gasteiger partial charge in [0.1, 0.15) is 11.5 Å². The van der Waals surface area contributed by atoms with Crippen molar-refractivity contribution >= 4 is 29.0 Å². The number of fused-ring (bicyclic) bond motifs is 5. The van der Waals surface area contributed by atoms with Crippen LogP contribution < -0.4 is 4.74 Å². The first-order valence-electron chi connectivity index (χ1n) is 18.0. The van der Waals surface area contributed by atoms with Crippen LogP contribution in [-0.4, -0.2) is 39.4 Å². The molecule has 6 aliphatic rings. The van der Waals surface area contributed by atoms with Crippen molar-refractivity contribution in [2.24, 2.45) is 29.6 Å². The van der Waals surface area contributed by atoms with Crippen LogP contribution in [-0.2, 0) is 31.0 Å². The lowest BCUT2D eigenvalue weighted by Crippen LogP contribution is -2.60. The number of carbonyl (C=O) groups excluding carboxylic acids is 4. The Bertz CT molecular complexity index is 2020. The Morgan fingerprint density at radius 1 is 0.820 bits per heavy atom.